The highest BCUT2D eigenvalue weighted by atomic mass is 16.7. The maximum Gasteiger partial charge on any atom is 0.306 e. The molecule has 0 amide bonds. The van der Waals surface area contributed by atoms with E-state index in [2.05, 4.69) is 50.3 Å². The van der Waals surface area contributed by atoms with Gasteiger partial charge in [0.2, 0.25) is 0 Å². The lowest BCUT2D eigenvalue weighted by molar-refractivity contribution is -0.870. The van der Waals surface area contributed by atoms with Crippen molar-refractivity contribution in [2.45, 2.75) is 476 Å². The van der Waals surface area contributed by atoms with Crippen LogP contribution in [0.1, 0.15) is 463 Å². The summed E-state index contributed by atoms with van der Waals surface area (Å²) in [4.78, 5) is 37.7. The number of unbranched alkanes of at least 4 members (excludes halogenated alkanes) is 63. The summed E-state index contributed by atoms with van der Waals surface area (Å²) in [5.41, 5.74) is 0. The molecule has 0 spiro atoms. The zero-order valence-electron chi connectivity index (χ0n) is 67.2. The summed E-state index contributed by atoms with van der Waals surface area (Å²) in [6, 6.07) is 0. The largest absolute Gasteiger partial charge is 0.545 e. The number of carbonyl (C=O) groups is 3. The third-order valence-electron chi connectivity index (χ3n) is 20.4. The molecule has 0 aromatic rings. The van der Waals surface area contributed by atoms with Crippen LogP contribution in [0, 0.1) is 0 Å². The Hall–Kier alpha value is -2.49. The predicted molar refractivity (Wildman–Crippen MR) is 426 cm³/mol. The lowest BCUT2D eigenvalue weighted by Gasteiger charge is -2.26. The summed E-state index contributed by atoms with van der Waals surface area (Å²) in [5.74, 6) is -2.24. The number of likely N-dealkylation sites (N-methyl/N-ethyl adjacent to an activating group) is 1. The zero-order valence-corrected chi connectivity index (χ0v) is 67.2. The molecule has 9 nitrogen and oxygen atoms in total. The minimum atomic E-state index is -1.62. The van der Waals surface area contributed by atoms with Crippen LogP contribution in [0.25, 0.3) is 0 Å². The third kappa shape index (κ3) is 82.7. The van der Waals surface area contributed by atoms with E-state index in [0.29, 0.717) is 17.4 Å². The van der Waals surface area contributed by atoms with E-state index in [-0.39, 0.29) is 32.2 Å². The summed E-state index contributed by atoms with van der Waals surface area (Å²) in [5, 5.41) is 11.9. The van der Waals surface area contributed by atoms with Crippen molar-refractivity contribution in [2.75, 3.05) is 47.5 Å². The molecule has 0 aliphatic heterocycles. The van der Waals surface area contributed by atoms with E-state index in [4.69, 9.17) is 18.9 Å². The van der Waals surface area contributed by atoms with Gasteiger partial charge in [-0.05, 0) is 51.4 Å². The number of esters is 2. The normalized spacial score (nSPS) is 12.7. The highest BCUT2D eigenvalue weighted by Gasteiger charge is 2.22. The predicted octanol–water partition coefficient (Wildman–Crippen LogP) is 27.3. The Balaban J connectivity index is 3.91. The highest BCUT2D eigenvalue weighted by molar-refractivity contribution is 5.70. The van der Waals surface area contributed by atoms with Gasteiger partial charge in [0, 0.05) is 12.8 Å². The third-order valence-corrected chi connectivity index (χ3v) is 20.4. The molecule has 9 heteroatoms. The van der Waals surface area contributed by atoms with Crippen molar-refractivity contribution in [3.05, 3.63) is 36.5 Å². The van der Waals surface area contributed by atoms with Crippen LogP contribution in [0.5, 0.6) is 0 Å². The summed E-state index contributed by atoms with van der Waals surface area (Å²) in [6.07, 6.45) is 103. The fourth-order valence-corrected chi connectivity index (χ4v) is 13.7. The van der Waals surface area contributed by atoms with Gasteiger partial charge in [0.05, 0.1) is 40.3 Å². The van der Waals surface area contributed by atoms with Crippen LogP contribution in [0.15, 0.2) is 36.5 Å². The molecule has 2 atom stereocenters. The molecular weight excluding hydrogens is 1220 g/mol. The first kappa shape index (κ1) is 96.5. The van der Waals surface area contributed by atoms with Crippen molar-refractivity contribution in [3.8, 4) is 0 Å². The number of carboxylic acid groups (broad SMARTS) is 1. The van der Waals surface area contributed by atoms with Crippen LogP contribution in [0.4, 0.5) is 0 Å². The molecule has 0 N–H and O–H groups in total. The van der Waals surface area contributed by atoms with Gasteiger partial charge in [0.15, 0.2) is 12.4 Å². The smallest absolute Gasteiger partial charge is 0.306 e. The first-order valence-electron chi connectivity index (χ1n) is 44.1. The highest BCUT2D eigenvalue weighted by Crippen LogP contribution is 2.21. The van der Waals surface area contributed by atoms with E-state index >= 15 is 0 Å². The second kappa shape index (κ2) is 81.2. The number of quaternary nitrogens is 1. The molecule has 99 heavy (non-hydrogen) atoms. The van der Waals surface area contributed by atoms with Gasteiger partial charge in [-0.1, -0.05) is 436 Å². The van der Waals surface area contributed by atoms with E-state index in [9.17, 15) is 19.5 Å². The van der Waals surface area contributed by atoms with E-state index in [1.807, 2.05) is 21.1 Å². The molecule has 0 aromatic heterocycles. The fourth-order valence-electron chi connectivity index (χ4n) is 13.7. The first-order valence-corrected chi connectivity index (χ1v) is 44.1. The van der Waals surface area contributed by atoms with Crippen LogP contribution < -0.4 is 5.11 Å². The summed E-state index contributed by atoms with van der Waals surface area (Å²) in [6.45, 7) is 4.83. The van der Waals surface area contributed by atoms with Gasteiger partial charge in [0.25, 0.3) is 0 Å². The molecule has 2 unspecified atom stereocenters. The topological polar surface area (TPSA) is 111 Å². The van der Waals surface area contributed by atoms with Gasteiger partial charge in [-0.15, -0.1) is 0 Å². The summed E-state index contributed by atoms with van der Waals surface area (Å²) >= 11 is 0. The minimum Gasteiger partial charge on any atom is -0.545 e. The molecule has 0 radical (unpaired) electrons. The zero-order chi connectivity index (χ0) is 71.8. The molecule has 0 fully saturated rings. The SMILES string of the molecule is CCCCCCC/C=C\C/C=C\C/C=C\CCCCCCCCCCCCCCCCCCCCCCCCCCC(=O)OC(COC(=O)CCCCCCCCCCCCCCCCCCCCCCCCCCCCCCCCCCCCC)COC(OCC[N+](C)(C)C)C(=O)[O-]. The van der Waals surface area contributed by atoms with E-state index in [1.165, 1.54) is 385 Å². The molecule has 0 bridgehead atoms. The molecule has 0 rings (SSSR count). The van der Waals surface area contributed by atoms with Crippen molar-refractivity contribution in [3.63, 3.8) is 0 Å². The quantitative estimate of drug-likeness (QED) is 0.0195. The van der Waals surface area contributed by atoms with Crippen molar-refractivity contribution in [1.82, 2.24) is 0 Å². The van der Waals surface area contributed by atoms with Gasteiger partial charge < -0.3 is 33.3 Å². The monoisotopic (exact) mass is 1390 g/mol. The average Bonchev–Trinajstić information content (AvgIpc) is 1.14. The van der Waals surface area contributed by atoms with E-state index in [1.54, 1.807) is 0 Å². The van der Waals surface area contributed by atoms with Crippen LogP contribution in [-0.4, -0.2) is 82.3 Å². The van der Waals surface area contributed by atoms with Gasteiger partial charge in [-0.2, -0.15) is 0 Å². The summed E-state index contributed by atoms with van der Waals surface area (Å²) < 4.78 is 22.9. The fraction of sp³-hybridized carbons (Fsp3) is 0.900. The molecule has 0 heterocycles. The minimum absolute atomic E-state index is 0.152. The lowest BCUT2D eigenvalue weighted by atomic mass is 10.0. The number of rotatable bonds is 84. The molecule has 0 aromatic carbocycles. The number of hydrogen-bond donors (Lipinski definition) is 0. The average molecular weight is 1400 g/mol. The Morgan fingerprint density at radius 1 is 0.303 bits per heavy atom. The number of nitrogens with zero attached hydrogens (tertiary/aromatic N) is 1. The second-order valence-electron chi connectivity index (χ2n) is 31.5. The number of hydrogen-bond acceptors (Lipinski definition) is 8. The maximum absolute atomic E-state index is 13.0. The Bertz CT molecular complexity index is 1720. The maximum atomic E-state index is 13.0. The van der Waals surface area contributed by atoms with Crippen molar-refractivity contribution in [1.29, 1.82) is 0 Å². The van der Waals surface area contributed by atoms with Crippen molar-refractivity contribution >= 4 is 17.9 Å². The Kier molecular flexibility index (Phi) is 79.1. The van der Waals surface area contributed by atoms with Crippen molar-refractivity contribution in [2.24, 2.45) is 0 Å². The lowest BCUT2D eigenvalue weighted by Crippen LogP contribution is -2.44. The van der Waals surface area contributed by atoms with E-state index < -0.39 is 24.3 Å². The van der Waals surface area contributed by atoms with Gasteiger partial charge in [0.1, 0.15) is 13.2 Å². The van der Waals surface area contributed by atoms with Gasteiger partial charge in [-0.25, -0.2) is 0 Å². The second-order valence-corrected chi connectivity index (χ2v) is 31.5. The molecule has 584 valence electrons. The number of ether oxygens (including phenoxy) is 4. The van der Waals surface area contributed by atoms with Gasteiger partial charge >= 0.3 is 11.9 Å². The molecule has 0 saturated heterocycles. The van der Waals surface area contributed by atoms with Crippen LogP contribution in [0.2, 0.25) is 0 Å². The number of carbonyl (C=O) groups excluding carboxylic acids is 3. The standard InChI is InChI=1S/C90H171NO8/c1-6-8-10-12-14-16-18-20-22-24-26-28-30-32-34-36-38-40-42-43-44-45-47-49-51-53-55-57-59-61-63-65-67-69-71-73-75-77-79-81-88(93)99-86(85-98-90(89(94)95)96-83-82-91(3,4)5)84-97-87(92)80-78-76-74-72-70-68-66-64-62-60-58-56-54-52-50-48-46-41-39-37-35-33-31-29-27-25-23-21-19-17-15-13-11-9-7-2/h18,20,24,26,30,32,86,90H,6-17,19,21-23,25,27-29,31,33-85H2,1-5H3/b20-18-,26-24-,32-30-. The number of carboxylic acids is 1. The number of aliphatic carboxylic acids is 1. The molecule has 0 saturated carbocycles. The van der Waals surface area contributed by atoms with Crippen LogP contribution in [0.3, 0.4) is 0 Å². The first-order chi connectivity index (χ1) is 48.6. The number of allylic oxidation sites excluding steroid dienone is 6. The van der Waals surface area contributed by atoms with E-state index in [0.717, 1.165) is 51.4 Å². The van der Waals surface area contributed by atoms with Crippen LogP contribution in [-0.2, 0) is 33.3 Å². The van der Waals surface area contributed by atoms with Gasteiger partial charge in [-0.3, -0.25) is 9.59 Å². The Labute approximate surface area is 617 Å². The Morgan fingerprint density at radius 3 is 0.808 bits per heavy atom. The van der Waals surface area contributed by atoms with Crippen LogP contribution >= 0.6 is 0 Å². The molecule has 0 aliphatic carbocycles. The molecular formula is C90H171NO8. The Morgan fingerprint density at radius 2 is 0.545 bits per heavy atom. The van der Waals surface area contributed by atoms with Crippen molar-refractivity contribution < 1.29 is 42.9 Å². The summed E-state index contributed by atoms with van der Waals surface area (Å²) in [7, 11) is 5.96. The molecule has 0 aliphatic rings.